The number of pyridine rings is 1. The number of hydrogen-bond acceptors (Lipinski definition) is 6. The van der Waals surface area contributed by atoms with Crippen molar-refractivity contribution in [2.45, 2.75) is 43.9 Å². The van der Waals surface area contributed by atoms with E-state index in [1.807, 2.05) is 0 Å². The van der Waals surface area contributed by atoms with Crippen LogP contribution in [-0.2, 0) is 21.2 Å². The molecule has 1 fully saturated rings. The monoisotopic (exact) mass is 621 g/mol. The van der Waals surface area contributed by atoms with Gasteiger partial charge in [0, 0.05) is 56.7 Å². The van der Waals surface area contributed by atoms with Crippen molar-refractivity contribution in [3.8, 4) is 0 Å². The first kappa shape index (κ1) is 32.5. The summed E-state index contributed by atoms with van der Waals surface area (Å²) in [7, 11) is -3.85. The van der Waals surface area contributed by atoms with Gasteiger partial charge in [-0.15, -0.1) is 0 Å². The summed E-state index contributed by atoms with van der Waals surface area (Å²) in [5, 5.41) is 8.91. The van der Waals surface area contributed by atoms with Crippen molar-refractivity contribution in [2.24, 2.45) is 0 Å². The SMILES string of the molecule is CCN(CC)S(=O)(=O)[C@@]1(CCc2c(F)cncc2NC(=O)C[C@@H](c2ccc(F)cc2)c2cc(F)cc(F)c2)CNCCN1. The molecule has 2 aromatic carbocycles. The van der Waals surface area contributed by atoms with Gasteiger partial charge in [0.1, 0.15) is 28.1 Å². The van der Waals surface area contributed by atoms with E-state index < -0.39 is 50.0 Å². The van der Waals surface area contributed by atoms with Crippen molar-refractivity contribution in [1.29, 1.82) is 0 Å². The molecule has 0 saturated carbocycles. The zero-order valence-corrected chi connectivity index (χ0v) is 24.8. The van der Waals surface area contributed by atoms with Gasteiger partial charge in [-0.3, -0.25) is 15.1 Å². The van der Waals surface area contributed by atoms with Crippen LogP contribution < -0.4 is 16.0 Å². The average Bonchev–Trinajstić information content (AvgIpc) is 2.96. The molecule has 0 aliphatic carbocycles. The topological polar surface area (TPSA) is 103 Å². The van der Waals surface area contributed by atoms with Gasteiger partial charge in [-0.05, 0) is 48.2 Å². The van der Waals surface area contributed by atoms with Crippen LogP contribution in [0.4, 0.5) is 23.2 Å². The largest absolute Gasteiger partial charge is 0.324 e. The first-order chi connectivity index (χ1) is 20.5. The molecule has 1 saturated heterocycles. The minimum atomic E-state index is -3.85. The van der Waals surface area contributed by atoms with Crippen molar-refractivity contribution < 1.29 is 30.8 Å². The van der Waals surface area contributed by atoms with E-state index >= 15 is 4.39 Å². The maximum atomic E-state index is 15.2. The highest BCUT2D eigenvalue weighted by molar-refractivity contribution is 7.90. The molecule has 3 aromatic rings. The van der Waals surface area contributed by atoms with Crippen LogP contribution in [-0.4, -0.2) is 61.2 Å². The highest BCUT2D eigenvalue weighted by atomic mass is 32.2. The third-order valence-electron chi connectivity index (χ3n) is 7.71. The molecule has 2 atom stereocenters. The second-order valence-electron chi connectivity index (χ2n) is 10.4. The maximum Gasteiger partial charge on any atom is 0.234 e. The summed E-state index contributed by atoms with van der Waals surface area (Å²) in [5.74, 6) is -4.38. The number of rotatable bonds is 12. The first-order valence-electron chi connectivity index (χ1n) is 14.1. The smallest absolute Gasteiger partial charge is 0.234 e. The molecule has 2 heterocycles. The molecule has 1 aliphatic rings. The molecule has 0 spiro atoms. The second-order valence-corrected chi connectivity index (χ2v) is 12.6. The molecule has 1 aliphatic heterocycles. The molecule has 0 radical (unpaired) electrons. The van der Waals surface area contributed by atoms with Crippen molar-refractivity contribution in [3.05, 3.63) is 94.8 Å². The molecule has 1 aromatic heterocycles. The number of nitrogens with one attached hydrogen (secondary N) is 3. The Hall–Kier alpha value is -3.39. The Balaban J connectivity index is 1.60. The van der Waals surface area contributed by atoms with Crippen molar-refractivity contribution >= 4 is 21.6 Å². The molecular weight excluding hydrogens is 586 g/mol. The van der Waals surface area contributed by atoms with Crippen LogP contribution >= 0.6 is 0 Å². The van der Waals surface area contributed by atoms with Crippen LogP contribution in [0.3, 0.4) is 0 Å². The van der Waals surface area contributed by atoms with E-state index in [2.05, 4.69) is 20.9 Å². The summed E-state index contributed by atoms with van der Waals surface area (Å²) in [5.41, 5.74) is 0.724. The Morgan fingerprint density at radius 1 is 0.977 bits per heavy atom. The summed E-state index contributed by atoms with van der Waals surface area (Å²) in [6.45, 7) is 5.13. The Labute approximate surface area is 248 Å². The van der Waals surface area contributed by atoms with Crippen molar-refractivity contribution in [2.75, 3.05) is 38.0 Å². The zero-order valence-electron chi connectivity index (χ0n) is 24.0. The van der Waals surface area contributed by atoms with Crippen molar-refractivity contribution in [3.63, 3.8) is 0 Å². The number of carbonyl (C=O) groups excluding carboxylic acids is 1. The summed E-state index contributed by atoms with van der Waals surface area (Å²) in [4.78, 5) is 15.8. The number of sulfonamides is 1. The van der Waals surface area contributed by atoms with Crippen molar-refractivity contribution in [1.82, 2.24) is 19.9 Å². The number of hydrogen-bond donors (Lipinski definition) is 3. The molecule has 0 bridgehead atoms. The third-order valence-corrected chi connectivity index (χ3v) is 10.4. The van der Waals surface area contributed by atoms with Gasteiger partial charge in [-0.1, -0.05) is 26.0 Å². The number of anilines is 1. The third kappa shape index (κ3) is 7.40. The van der Waals surface area contributed by atoms with Crippen LogP contribution in [0.15, 0.2) is 54.9 Å². The normalized spacial score (nSPS) is 18.0. The van der Waals surface area contributed by atoms with E-state index in [4.69, 9.17) is 0 Å². The van der Waals surface area contributed by atoms with Crippen LogP contribution in [0.25, 0.3) is 0 Å². The number of aromatic nitrogens is 1. The molecule has 43 heavy (non-hydrogen) atoms. The number of benzene rings is 2. The fourth-order valence-corrected chi connectivity index (χ4v) is 7.57. The summed E-state index contributed by atoms with van der Waals surface area (Å²) in [6.07, 6.45) is 1.90. The van der Waals surface area contributed by atoms with E-state index in [1.165, 1.54) is 34.8 Å². The standard InChI is InChI=1S/C30H35F4N5O3S/c1-3-39(4-2)43(41,42)30(19-35-11-12-37-30)10-9-25-27(34)17-36-18-28(25)38-29(40)16-26(20-5-7-22(31)8-6-20)21-13-23(32)15-24(33)14-21/h5-8,13-15,17-18,26,35,37H,3-4,9-12,16,19H2,1-2H3,(H,38,40)/t26-,30-/m0/s1. The summed E-state index contributed by atoms with van der Waals surface area (Å²) in [6, 6.07) is 8.11. The van der Waals surface area contributed by atoms with E-state index in [9.17, 15) is 26.4 Å². The maximum absolute atomic E-state index is 15.2. The fraction of sp³-hybridized carbons (Fsp3) is 0.400. The summed E-state index contributed by atoms with van der Waals surface area (Å²) >= 11 is 0. The van der Waals surface area contributed by atoms with E-state index in [-0.39, 0.29) is 55.7 Å². The molecule has 1 amide bonds. The van der Waals surface area contributed by atoms with Gasteiger partial charge < -0.3 is 10.6 Å². The predicted octanol–water partition coefficient (Wildman–Crippen LogP) is 4.29. The van der Waals surface area contributed by atoms with E-state index in [0.29, 0.717) is 24.7 Å². The molecule has 4 rings (SSSR count). The Bertz CT molecular complexity index is 1510. The summed E-state index contributed by atoms with van der Waals surface area (Å²) < 4.78 is 85.7. The lowest BCUT2D eigenvalue weighted by atomic mass is 9.88. The van der Waals surface area contributed by atoms with Gasteiger partial charge in [-0.25, -0.2) is 30.3 Å². The van der Waals surface area contributed by atoms with Crippen LogP contribution in [0.5, 0.6) is 0 Å². The van der Waals surface area contributed by atoms with Gasteiger partial charge in [0.15, 0.2) is 0 Å². The van der Waals surface area contributed by atoms with Gasteiger partial charge in [0.25, 0.3) is 0 Å². The average molecular weight is 622 g/mol. The fourth-order valence-electron chi connectivity index (χ4n) is 5.47. The zero-order chi connectivity index (χ0) is 31.2. The molecule has 8 nitrogen and oxygen atoms in total. The highest BCUT2D eigenvalue weighted by Gasteiger charge is 2.47. The Kier molecular flexibility index (Phi) is 10.5. The number of amides is 1. The van der Waals surface area contributed by atoms with Gasteiger partial charge >= 0.3 is 0 Å². The van der Waals surface area contributed by atoms with Gasteiger partial charge in [-0.2, -0.15) is 0 Å². The van der Waals surface area contributed by atoms with E-state index in [1.54, 1.807) is 13.8 Å². The lowest BCUT2D eigenvalue weighted by Gasteiger charge is -2.41. The number of halogens is 4. The quantitative estimate of drug-likeness (QED) is 0.261. The molecule has 3 N–H and O–H groups in total. The highest BCUT2D eigenvalue weighted by Crippen LogP contribution is 2.32. The number of carbonyl (C=O) groups is 1. The minimum Gasteiger partial charge on any atom is -0.324 e. The molecule has 13 heteroatoms. The molecular formula is C30H35F4N5O3S. The molecule has 232 valence electrons. The van der Waals surface area contributed by atoms with E-state index in [0.717, 1.165) is 18.3 Å². The Morgan fingerprint density at radius 3 is 2.26 bits per heavy atom. The van der Waals surface area contributed by atoms with Crippen LogP contribution in [0.1, 0.15) is 49.3 Å². The van der Waals surface area contributed by atoms with Crippen LogP contribution in [0, 0.1) is 23.3 Å². The predicted molar refractivity (Wildman–Crippen MR) is 156 cm³/mol. The number of piperazine rings is 1. The van der Waals surface area contributed by atoms with Crippen LogP contribution in [0.2, 0.25) is 0 Å². The van der Waals surface area contributed by atoms with Gasteiger partial charge in [0.05, 0.1) is 18.1 Å². The Morgan fingerprint density at radius 2 is 1.65 bits per heavy atom. The first-order valence-corrected chi connectivity index (χ1v) is 15.5. The number of nitrogens with zero attached hydrogens (tertiary/aromatic N) is 2. The van der Waals surface area contributed by atoms with Gasteiger partial charge in [0.2, 0.25) is 15.9 Å². The lowest BCUT2D eigenvalue weighted by molar-refractivity contribution is -0.116. The lowest BCUT2D eigenvalue weighted by Crippen LogP contribution is -2.66. The minimum absolute atomic E-state index is 0.00338. The molecule has 0 unspecified atom stereocenters. The second kappa shape index (κ2) is 13.9.